The number of carbonyl (C=O) groups is 1. The summed E-state index contributed by atoms with van der Waals surface area (Å²) in [5, 5.41) is -0.461. The summed E-state index contributed by atoms with van der Waals surface area (Å²) in [6, 6.07) is 0. The van der Waals surface area contributed by atoms with Gasteiger partial charge in [0.15, 0.2) is 9.84 Å². The van der Waals surface area contributed by atoms with Gasteiger partial charge in [-0.25, -0.2) is 8.42 Å². The number of rotatable bonds is 5. The first-order chi connectivity index (χ1) is 5.94. The topological polar surface area (TPSA) is 60.4 Å². The molecule has 0 aliphatic heterocycles. The zero-order valence-electron chi connectivity index (χ0n) is 8.24. The van der Waals surface area contributed by atoms with E-state index >= 15 is 0 Å². The quantitative estimate of drug-likeness (QED) is 0.626. The lowest BCUT2D eigenvalue weighted by Crippen LogP contribution is -2.26. The third-order valence-electron chi connectivity index (χ3n) is 1.85. The van der Waals surface area contributed by atoms with E-state index in [1.165, 1.54) is 7.11 Å². The van der Waals surface area contributed by atoms with E-state index in [4.69, 9.17) is 0 Å². The van der Waals surface area contributed by atoms with Crippen molar-refractivity contribution in [2.75, 3.05) is 12.9 Å². The van der Waals surface area contributed by atoms with E-state index in [0.29, 0.717) is 6.42 Å². The Kier molecular flexibility index (Phi) is 4.98. The summed E-state index contributed by atoms with van der Waals surface area (Å²) in [5.41, 5.74) is 0. The van der Waals surface area contributed by atoms with E-state index in [0.717, 1.165) is 6.42 Å². The molecule has 0 aromatic heterocycles. The van der Waals surface area contributed by atoms with Gasteiger partial charge in [0.25, 0.3) is 0 Å². The molecule has 0 radical (unpaired) electrons. The fourth-order valence-electron chi connectivity index (χ4n) is 0.952. The molecule has 0 heterocycles. The number of carbonyl (C=O) groups excluding carboxylic acids is 1. The molecule has 0 aliphatic carbocycles. The number of methoxy groups -OCH3 is 1. The third-order valence-corrected chi connectivity index (χ3v) is 3.95. The van der Waals surface area contributed by atoms with Crippen LogP contribution in [0.5, 0.6) is 0 Å². The van der Waals surface area contributed by atoms with Crippen molar-refractivity contribution in [3.8, 4) is 0 Å². The monoisotopic (exact) mass is 208 g/mol. The van der Waals surface area contributed by atoms with Crippen LogP contribution in [0.25, 0.3) is 0 Å². The van der Waals surface area contributed by atoms with E-state index in [1.54, 1.807) is 6.92 Å². The second-order valence-electron chi connectivity index (χ2n) is 2.98. The van der Waals surface area contributed by atoms with Crippen molar-refractivity contribution in [3.05, 3.63) is 0 Å². The van der Waals surface area contributed by atoms with Crippen molar-refractivity contribution in [1.82, 2.24) is 0 Å². The number of ether oxygens (including phenoxy) is 1. The number of sulfone groups is 1. The molecule has 4 nitrogen and oxygen atoms in total. The first-order valence-corrected chi connectivity index (χ1v) is 5.94. The van der Waals surface area contributed by atoms with Gasteiger partial charge in [0.2, 0.25) is 0 Å². The maximum atomic E-state index is 11.4. The third kappa shape index (κ3) is 4.26. The molecule has 0 aromatic carbocycles. The lowest BCUT2D eigenvalue weighted by Gasteiger charge is -2.09. The molecule has 0 amide bonds. The normalized spacial score (nSPS) is 13.8. The van der Waals surface area contributed by atoms with Crippen LogP contribution in [0.2, 0.25) is 0 Å². The number of hydrogen-bond acceptors (Lipinski definition) is 4. The van der Waals surface area contributed by atoms with Gasteiger partial charge in [-0.15, -0.1) is 0 Å². The molecule has 0 aliphatic rings. The molecule has 0 aromatic rings. The van der Waals surface area contributed by atoms with Crippen LogP contribution in [0.3, 0.4) is 0 Å². The second-order valence-corrected chi connectivity index (χ2v) is 5.40. The van der Waals surface area contributed by atoms with Crippen LogP contribution in [0.1, 0.15) is 26.7 Å². The van der Waals surface area contributed by atoms with Crippen molar-refractivity contribution in [3.63, 3.8) is 0 Å². The van der Waals surface area contributed by atoms with Gasteiger partial charge in [0, 0.05) is 0 Å². The molecule has 0 N–H and O–H groups in total. The molecule has 0 rings (SSSR count). The Morgan fingerprint density at radius 2 is 2.00 bits per heavy atom. The van der Waals surface area contributed by atoms with Crippen LogP contribution in [0.15, 0.2) is 0 Å². The van der Waals surface area contributed by atoms with Gasteiger partial charge in [-0.05, 0) is 13.3 Å². The van der Waals surface area contributed by atoms with E-state index in [9.17, 15) is 13.2 Å². The highest BCUT2D eigenvalue weighted by Crippen LogP contribution is 2.08. The van der Waals surface area contributed by atoms with Crippen LogP contribution < -0.4 is 0 Å². The van der Waals surface area contributed by atoms with Crippen molar-refractivity contribution >= 4 is 15.8 Å². The Morgan fingerprint density at radius 3 is 2.38 bits per heavy atom. The predicted molar refractivity (Wildman–Crippen MR) is 50.2 cm³/mol. The standard InChI is InChI=1S/C8H16O4S/c1-4-5-7(2)13(10,11)6-8(9)12-3/h7H,4-6H2,1-3H3. The van der Waals surface area contributed by atoms with Crippen LogP contribution in [0, 0.1) is 0 Å². The smallest absolute Gasteiger partial charge is 0.320 e. The summed E-state index contributed by atoms with van der Waals surface area (Å²) >= 11 is 0. The van der Waals surface area contributed by atoms with Crippen LogP contribution in [-0.4, -0.2) is 32.5 Å². The highest BCUT2D eigenvalue weighted by Gasteiger charge is 2.23. The Morgan fingerprint density at radius 1 is 1.46 bits per heavy atom. The van der Waals surface area contributed by atoms with E-state index in [1.807, 2.05) is 6.92 Å². The predicted octanol–water partition coefficient (Wildman–Crippen LogP) is 0.763. The largest absolute Gasteiger partial charge is 0.468 e. The maximum absolute atomic E-state index is 11.4. The summed E-state index contributed by atoms with van der Waals surface area (Å²) in [6.45, 7) is 3.52. The zero-order chi connectivity index (χ0) is 10.5. The molecular formula is C8H16O4S. The minimum Gasteiger partial charge on any atom is -0.468 e. The molecule has 78 valence electrons. The van der Waals surface area contributed by atoms with E-state index in [-0.39, 0.29) is 0 Å². The molecule has 0 saturated heterocycles. The molecule has 0 saturated carbocycles. The molecule has 5 heteroatoms. The SMILES string of the molecule is CCCC(C)S(=O)(=O)CC(=O)OC. The summed E-state index contributed by atoms with van der Waals surface area (Å²) in [6.07, 6.45) is 1.38. The van der Waals surface area contributed by atoms with Crippen LogP contribution >= 0.6 is 0 Å². The van der Waals surface area contributed by atoms with Crippen molar-refractivity contribution in [1.29, 1.82) is 0 Å². The molecule has 1 unspecified atom stereocenters. The minimum atomic E-state index is -3.31. The van der Waals surface area contributed by atoms with Gasteiger partial charge in [-0.1, -0.05) is 13.3 Å². The number of esters is 1. The lowest BCUT2D eigenvalue weighted by molar-refractivity contribution is -0.137. The van der Waals surface area contributed by atoms with Crippen molar-refractivity contribution < 1.29 is 17.9 Å². The summed E-state index contributed by atoms with van der Waals surface area (Å²) in [7, 11) is -2.13. The molecule has 0 spiro atoms. The first kappa shape index (κ1) is 12.4. The molecular weight excluding hydrogens is 192 g/mol. The van der Waals surface area contributed by atoms with Crippen molar-refractivity contribution in [2.24, 2.45) is 0 Å². The average Bonchev–Trinajstić information content (AvgIpc) is 2.04. The first-order valence-electron chi connectivity index (χ1n) is 4.22. The average molecular weight is 208 g/mol. The van der Waals surface area contributed by atoms with Gasteiger partial charge in [-0.2, -0.15) is 0 Å². The molecule has 0 fully saturated rings. The molecule has 1 atom stereocenters. The van der Waals surface area contributed by atoms with Gasteiger partial charge < -0.3 is 4.74 Å². The van der Waals surface area contributed by atoms with Gasteiger partial charge >= 0.3 is 5.97 Å². The number of hydrogen-bond donors (Lipinski definition) is 0. The van der Waals surface area contributed by atoms with Crippen LogP contribution in [-0.2, 0) is 19.4 Å². The van der Waals surface area contributed by atoms with Gasteiger partial charge in [0.05, 0.1) is 12.4 Å². The maximum Gasteiger partial charge on any atom is 0.320 e. The van der Waals surface area contributed by atoms with E-state index in [2.05, 4.69) is 4.74 Å². The highest BCUT2D eigenvalue weighted by molar-refractivity contribution is 7.92. The fraction of sp³-hybridized carbons (Fsp3) is 0.875. The van der Waals surface area contributed by atoms with E-state index < -0.39 is 26.8 Å². The van der Waals surface area contributed by atoms with Gasteiger partial charge in [-0.3, -0.25) is 4.79 Å². The minimum absolute atomic E-state index is 0.461. The summed E-state index contributed by atoms with van der Waals surface area (Å²) in [4.78, 5) is 10.7. The summed E-state index contributed by atoms with van der Waals surface area (Å²) in [5.74, 6) is -1.20. The molecule has 13 heavy (non-hydrogen) atoms. The van der Waals surface area contributed by atoms with Crippen LogP contribution in [0.4, 0.5) is 0 Å². The second kappa shape index (κ2) is 5.21. The molecule has 0 bridgehead atoms. The fourth-order valence-corrected chi connectivity index (χ4v) is 2.28. The summed E-state index contributed by atoms with van der Waals surface area (Å²) < 4.78 is 27.1. The highest BCUT2D eigenvalue weighted by atomic mass is 32.2. The lowest BCUT2D eigenvalue weighted by atomic mass is 10.3. The Bertz CT molecular complexity index is 255. The Balaban J connectivity index is 4.31. The Labute approximate surface area is 79.2 Å². The Hall–Kier alpha value is -0.580. The van der Waals surface area contributed by atoms with Crippen molar-refractivity contribution in [2.45, 2.75) is 31.9 Å². The zero-order valence-corrected chi connectivity index (χ0v) is 9.06. The van der Waals surface area contributed by atoms with Gasteiger partial charge in [0.1, 0.15) is 5.75 Å².